The normalized spacial score (nSPS) is 15.6. The van der Waals surface area contributed by atoms with Crippen LogP contribution < -0.4 is 5.32 Å². The van der Waals surface area contributed by atoms with Crippen LogP contribution in [-0.2, 0) is 0 Å². The summed E-state index contributed by atoms with van der Waals surface area (Å²) in [6, 6.07) is 7.42. The number of hydrogen-bond acceptors (Lipinski definition) is 2. The summed E-state index contributed by atoms with van der Waals surface area (Å²) in [4.78, 5) is 0. The lowest BCUT2D eigenvalue weighted by molar-refractivity contribution is 0.111. The molecule has 0 aliphatic rings. The first-order valence-electron chi connectivity index (χ1n) is 6.04. The van der Waals surface area contributed by atoms with Crippen molar-refractivity contribution in [2.75, 3.05) is 0 Å². The van der Waals surface area contributed by atoms with E-state index in [2.05, 4.69) is 33.0 Å². The third-order valence-corrected chi connectivity index (χ3v) is 2.90. The van der Waals surface area contributed by atoms with E-state index in [1.807, 2.05) is 24.3 Å². The Morgan fingerprint density at radius 3 is 2.18 bits per heavy atom. The van der Waals surface area contributed by atoms with Gasteiger partial charge >= 0.3 is 0 Å². The summed E-state index contributed by atoms with van der Waals surface area (Å²) < 4.78 is 0. The first-order valence-corrected chi connectivity index (χ1v) is 6.42. The Bertz CT molecular complexity index is 342. The number of nitrogens with one attached hydrogen (secondary N) is 1. The molecule has 1 aromatic carbocycles. The van der Waals surface area contributed by atoms with Crippen molar-refractivity contribution in [3.63, 3.8) is 0 Å². The number of halogens is 1. The van der Waals surface area contributed by atoms with E-state index < -0.39 is 6.10 Å². The summed E-state index contributed by atoms with van der Waals surface area (Å²) in [6.07, 6.45) is 0.373. The maximum atomic E-state index is 10.3. The van der Waals surface area contributed by atoms with Crippen molar-refractivity contribution < 1.29 is 5.11 Å². The van der Waals surface area contributed by atoms with E-state index in [-0.39, 0.29) is 11.6 Å². The van der Waals surface area contributed by atoms with Crippen LogP contribution in [0.1, 0.15) is 45.8 Å². The quantitative estimate of drug-likeness (QED) is 0.863. The van der Waals surface area contributed by atoms with Crippen LogP contribution in [-0.4, -0.2) is 16.7 Å². The highest BCUT2D eigenvalue weighted by Crippen LogP contribution is 2.22. The zero-order valence-corrected chi connectivity index (χ0v) is 11.8. The maximum absolute atomic E-state index is 10.3. The van der Waals surface area contributed by atoms with E-state index in [1.165, 1.54) is 0 Å². The van der Waals surface area contributed by atoms with Crippen LogP contribution >= 0.6 is 11.6 Å². The molecule has 0 radical (unpaired) electrons. The minimum Gasteiger partial charge on any atom is -0.387 e. The molecule has 0 saturated carbocycles. The number of benzene rings is 1. The lowest BCUT2D eigenvalue weighted by atomic mass is 9.97. The van der Waals surface area contributed by atoms with E-state index in [0.29, 0.717) is 5.02 Å². The molecule has 0 amide bonds. The number of rotatable bonds is 4. The van der Waals surface area contributed by atoms with Crippen molar-refractivity contribution in [1.29, 1.82) is 0 Å². The second-order valence-corrected chi connectivity index (χ2v) is 5.84. The molecule has 0 bridgehead atoms. The van der Waals surface area contributed by atoms with Gasteiger partial charge in [-0.15, -0.1) is 0 Å². The van der Waals surface area contributed by atoms with Gasteiger partial charge in [-0.3, -0.25) is 0 Å². The molecule has 3 heteroatoms. The highest BCUT2D eigenvalue weighted by Gasteiger charge is 2.23. The molecule has 2 nitrogen and oxygen atoms in total. The molecule has 2 N–H and O–H groups in total. The van der Waals surface area contributed by atoms with Gasteiger partial charge in [-0.25, -0.2) is 0 Å². The van der Waals surface area contributed by atoms with Crippen LogP contribution in [0.3, 0.4) is 0 Å². The van der Waals surface area contributed by atoms with E-state index in [9.17, 15) is 5.11 Å². The van der Waals surface area contributed by atoms with Crippen LogP contribution in [0.5, 0.6) is 0 Å². The molecular weight excluding hydrogens is 234 g/mol. The molecule has 0 aromatic heterocycles. The van der Waals surface area contributed by atoms with Gasteiger partial charge in [0.2, 0.25) is 0 Å². The first-order chi connectivity index (χ1) is 7.83. The molecule has 96 valence electrons. The minimum atomic E-state index is -0.503. The Labute approximate surface area is 109 Å². The molecule has 0 aliphatic heterocycles. The highest BCUT2D eigenvalue weighted by molar-refractivity contribution is 6.30. The van der Waals surface area contributed by atoms with Gasteiger partial charge in [-0.1, -0.05) is 30.7 Å². The van der Waals surface area contributed by atoms with Crippen molar-refractivity contribution >= 4 is 11.6 Å². The van der Waals surface area contributed by atoms with Gasteiger partial charge in [0.15, 0.2) is 0 Å². The molecule has 1 rings (SSSR count). The van der Waals surface area contributed by atoms with E-state index in [1.54, 1.807) is 0 Å². The molecule has 0 saturated heterocycles. The molecule has 2 atom stereocenters. The lowest BCUT2D eigenvalue weighted by Gasteiger charge is -2.31. The summed E-state index contributed by atoms with van der Waals surface area (Å²) in [5.74, 6) is 0. The third kappa shape index (κ3) is 4.66. The van der Waals surface area contributed by atoms with Crippen molar-refractivity contribution in [2.24, 2.45) is 0 Å². The van der Waals surface area contributed by atoms with E-state index >= 15 is 0 Å². The second kappa shape index (κ2) is 5.85. The Morgan fingerprint density at radius 2 is 1.76 bits per heavy atom. The van der Waals surface area contributed by atoms with Gasteiger partial charge in [0.05, 0.1) is 6.10 Å². The monoisotopic (exact) mass is 255 g/mol. The summed E-state index contributed by atoms with van der Waals surface area (Å²) >= 11 is 5.84. The fourth-order valence-corrected chi connectivity index (χ4v) is 1.98. The van der Waals surface area contributed by atoms with Crippen LogP contribution in [0.15, 0.2) is 24.3 Å². The third-order valence-electron chi connectivity index (χ3n) is 2.65. The molecule has 2 unspecified atom stereocenters. The maximum Gasteiger partial charge on any atom is 0.0943 e. The van der Waals surface area contributed by atoms with Crippen LogP contribution in [0, 0.1) is 0 Å². The van der Waals surface area contributed by atoms with Gasteiger partial charge < -0.3 is 10.4 Å². The van der Waals surface area contributed by atoms with Crippen molar-refractivity contribution in [3.05, 3.63) is 34.9 Å². The largest absolute Gasteiger partial charge is 0.387 e. The van der Waals surface area contributed by atoms with Gasteiger partial charge in [-0.05, 0) is 44.9 Å². The highest BCUT2D eigenvalue weighted by atomic mass is 35.5. The van der Waals surface area contributed by atoms with Gasteiger partial charge in [0.1, 0.15) is 0 Å². The van der Waals surface area contributed by atoms with Crippen LogP contribution in [0.25, 0.3) is 0 Å². The van der Waals surface area contributed by atoms with Crippen molar-refractivity contribution in [1.82, 2.24) is 5.32 Å². The Morgan fingerprint density at radius 1 is 1.24 bits per heavy atom. The second-order valence-electron chi connectivity index (χ2n) is 5.41. The first kappa shape index (κ1) is 14.5. The predicted molar refractivity (Wildman–Crippen MR) is 73.4 cm³/mol. The molecule has 17 heavy (non-hydrogen) atoms. The SMILES string of the molecule is CCC(NC(C)(C)C)C(O)c1ccc(Cl)cc1. The summed E-state index contributed by atoms with van der Waals surface area (Å²) in [7, 11) is 0. The lowest BCUT2D eigenvalue weighted by Crippen LogP contribution is -2.46. The molecule has 0 heterocycles. The fourth-order valence-electron chi connectivity index (χ4n) is 1.85. The van der Waals surface area contributed by atoms with Crippen LogP contribution in [0.4, 0.5) is 0 Å². The average Bonchev–Trinajstić information content (AvgIpc) is 2.25. The summed E-state index contributed by atoms with van der Waals surface area (Å²) in [6.45, 7) is 8.38. The summed E-state index contributed by atoms with van der Waals surface area (Å²) in [5.41, 5.74) is 0.895. The smallest absolute Gasteiger partial charge is 0.0943 e. The molecule has 0 fully saturated rings. The van der Waals surface area contributed by atoms with Crippen LogP contribution in [0.2, 0.25) is 5.02 Å². The van der Waals surface area contributed by atoms with Gasteiger partial charge in [-0.2, -0.15) is 0 Å². The zero-order chi connectivity index (χ0) is 13.1. The molecule has 1 aromatic rings. The molecular formula is C14H22ClNO. The minimum absolute atomic E-state index is 0.00587. The van der Waals surface area contributed by atoms with Crippen molar-refractivity contribution in [2.45, 2.75) is 51.8 Å². The van der Waals surface area contributed by atoms with E-state index in [0.717, 1.165) is 12.0 Å². The standard InChI is InChI=1S/C14H22ClNO/c1-5-12(16-14(2,3)4)13(17)10-6-8-11(15)9-7-10/h6-9,12-13,16-17H,5H2,1-4H3. The predicted octanol–water partition coefficient (Wildman–Crippen LogP) is 3.54. The van der Waals surface area contributed by atoms with Gasteiger partial charge in [0.25, 0.3) is 0 Å². The topological polar surface area (TPSA) is 32.3 Å². The molecule has 0 spiro atoms. The summed E-state index contributed by atoms with van der Waals surface area (Å²) in [5, 5.41) is 14.5. The Kier molecular flexibility index (Phi) is 4.99. The number of aliphatic hydroxyl groups is 1. The van der Waals surface area contributed by atoms with Gasteiger partial charge in [0, 0.05) is 16.6 Å². The number of hydrogen-bond donors (Lipinski definition) is 2. The van der Waals surface area contributed by atoms with Crippen molar-refractivity contribution in [3.8, 4) is 0 Å². The Balaban J connectivity index is 2.78. The average molecular weight is 256 g/mol. The Hall–Kier alpha value is -0.570. The number of aliphatic hydroxyl groups excluding tert-OH is 1. The fraction of sp³-hybridized carbons (Fsp3) is 0.571. The van der Waals surface area contributed by atoms with E-state index in [4.69, 9.17) is 11.6 Å². The zero-order valence-electron chi connectivity index (χ0n) is 11.0. The molecule has 0 aliphatic carbocycles.